The third kappa shape index (κ3) is 3.59. The van der Waals surface area contributed by atoms with Crippen LogP contribution in [-0.2, 0) is 0 Å². The van der Waals surface area contributed by atoms with E-state index >= 15 is 0 Å². The van der Waals surface area contributed by atoms with Gasteiger partial charge in [-0.25, -0.2) is 23.3 Å². The highest BCUT2D eigenvalue weighted by Crippen LogP contribution is 2.33. The van der Waals surface area contributed by atoms with Crippen molar-refractivity contribution in [2.24, 2.45) is 0 Å². The highest BCUT2D eigenvalue weighted by atomic mass is 19.2. The second-order valence-corrected chi connectivity index (χ2v) is 7.29. The summed E-state index contributed by atoms with van der Waals surface area (Å²) in [6, 6.07) is 9.29. The Bertz CT molecular complexity index is 1470. The minimum atomic E-state index is -0.962. The number of nitrogens with zero attached hydrogens (tertiary/aromatic N) is 4. The summed E-state index contributed by atoms with van der Waals surface area (Å²) in [5.41, 5.74) is 9.73. The normalized spacial score (nSPS) is 11.2. The maximum absolute atomic E-state index is 13.4. The predicted octanol–water partition coefficient (Wildman–Crippen LogP) is 3.63. The average molecular weight is 448 g/mol. The van der Waals surface area contributed by atoms with Gasteiger partial charge in [0.2, 0.25) is 5.95 Å². The molecular weight excluding hydrogens is 430 g/mol. The number of nitrogens with two attached hydrogens (primary N) is 1. The fraction of sp³-hybridized carbons (Fsp3) is 0.0909. The van der Waals surface area contributed by atoms with Crippen molar-refractivity contribution >= 4 is 39.9 Å². The topological polar surface area (TPSA) is 126 Å². The van der Waals surface area contributed by atoms with E-state index in [1.165, 1.54) is 10.8 Å². The predicted molar refractivity (Wildman–Crippen MR) is 120 cm³/mol. The standard InChI is InChI=1S/C22H18F2N8O/c1-2-26-21(33)13-9-32-19(20(25)27-10-28-32)18(13)11-3-5-12(6-4-11)29-22-30-16-7-14(23)15(24)8-17(16)31-22/h3-10H,2H2,1H3,(H,26,33)(H2,25,27,28)(H2,29,30,31). The number of aromatic amines is 1. The SMILES string of the molecule is CCNC(=O)c1cn2ncnc(N)c2c1-c1ccc(Nc2nc3cc(F)c(F)cc3[nH]2)cc1. The molecule has 5 rings (SSSR count). The van der Waals surface area contributed by atoms with E-state index in [2.05, 4.69) is 30.7 Å². The number of imidazole rings is 1. The molecule has 0 saturated heterocycles. The molecule has 3 aromatic heterocycles. The minimum Gasteiger partial charge on any atom is -0.382 e. The lowest BCUT2D eigenvalue weighted by Gasteiger charge is -2.08. The number of halogens is 2. The van der Waals surface area contributed by atoms with Crippen LogP contribution in [0.5, 0.6) is 0 Å². The molecule has 0 atom stereocenters. The second kappa shape index (κ2) is 7.86. The van der Waals surface area contributed by atoms with Crippen LogP contribution in [0.15, 0.2) is 48.9 Å². The highest BCUT2D eigenvalue weighted by molar-refractivity contribution is 6.07. The number of carbonyl (C=O) groups is 1. The summed E-state index contributed by atoms with van der Waals surface area (Å²) in [5.74, 6) is -1.58. The fourth-order valence-corrected chi connectivity index (χ4v) is 3.68. The summed E-state index contributed by atoms with van der Waals surface area (Å²) in [5, 5.41) is 10.0. The van der Waals surface area contributed by atoms with Gasteiger partial charge in [0.15, 0.2) is 17.5 Å². The zero-order valence-corrected chi connectivity index (χ0v) is 17.4. The van der Waals surface area contributed by atoms with Gasteiger partial charge in [0.05, 0.1) is 16.6 Å². The number of hydrogen-bond donors (Lipinski definition) is 4. The summed E-state index contributed by atoms with van der Waals surface area (Å²) in [6.45, 7) is 2.31. The smallest absolute Gasteiger partial charge is 0.253 e. The van der Waals surface area contributed by atoms with Crippen molar-refractivity contribution in [3.8, 4) is 11.1 Å². The van der Waals surface area contributed by atoms with Crippen LogP contribution >= 0.6 is 0 Å². The van der Waals surface area contributed by atoms with Crippen LogP contribution < -0.4 is 16.4 Å². The van der Waals surface area contributed by atoms with Crippen molar-refractivity contribution in [2.75, 3.05) is 17.6 Å². The zero-order valence-electron chi connectivity index (χ0n) is 17.4. The van der Waals surface area contributed by atoms with E-state index in [1.807, 2.05) is 19.1 Å². The van der Waals surface area contributed by atoms with Gasteiger partial charge in [0, 0.05) is 36.1 Å². The van der Waals surface area contributed by atoms with Gasteiger partial charge in [-0.05, 0) is 24.6 Å². The lowest BCUT2D eigenvalue weighted by Crippen LogP contribution is -2.22. The van der Waals surface area contributed by atoms with Crippen molar-refractivity contribution in [2.45, 2.75) is 6.92 Å². The summed E-state index contributed by atoms with van der Waals surface area (Å²) in [7, 11) is 0. The third-order valence-electron chi connectivity index (χ3n) is 5.14. The first-order valence-corrected chi connectivity index (χ1v) is 10.1. The lowest BCUT2D eigenvalue weighted by atomic mass is 10.0. The summed E-state index contributed by atoms with van der Waals surface area (Å²) in [6.07, 6.45) is 2.94. The molecule has 0 spiro atoms. The molecule has 3 heterocycles. The van der Waals surface area contributed by atoms with Crippen molar-refractivity contribution in [3.63, 3.8) is 0 Å². The summed E-state index contributed by atoms with van der Waals surface area (Å²) >= 11 is 0. The monoisotopic (exact) mass is 448 g/mol. The van der Waals surface area contributed by atoms with Crippen LogP contribution in [0.25, 0.3) is 27.7 Å². The average Bonchev–Trinajstić information content (AvgIpc) is 3.36. The van der Waals surface area contributed by atoms with E-state index in [0.717, 1.165) is 17.7 Å². The quantitative estimate of drug-likeness (QED) is 0.325. The second-order valence-electron chi connectivity index (χ2n) is 7.29. The number of rotatable bonds is 5. The van der Waals surface area contributed by atoms with Gasteiger partial charge in [-0.1, -0.05) is 12.1 Å². The molecule has 166 valence electrons. The van der Waals surface area contributed by atoms with Crippen molar-refractivity contribution in [1.29, 1.82) is 0 Å². The largest absolute Gasteiger partial charge is 0.382 e. The Morgan fingerprint density at radius 1 is 1.18 bits per heavy atom. The van der Waals surface area contributed by atoms with E-state index in [-0.39, 0.29) is 11.7 Å². The molecule has 0 aliphatic carbocycles. The highest BCUT2D eigenvalue weighted by Gasteiger charge is 2.21. The van der Waals surface area contributed by atoms with E-state index in [9.17, 15) is 13.6 Å². The zero-order chi connectivity index (χ0) is 23.1. The van der Waals surface area contributed by atoms with Gasteiger partial charge in [-0.2, -0.15) is 5.10 Å². The Balaban J connectivity index is 1.51. The van der Waals surface area contributed by atoms with E-state index in [4.69, 9.17) is 5.73 Å². The molecule has 5 N–H and O–H groups in total. The third-order valence-corrected chi connectivity index (χ3v) is 5.14. The van der Waals surface area contributed by atoms with Crippen molar-refractivity contribution in [3.05, 3.63) is 66.1 Å². The minimum absolute atomic E-state index is 0.249. The maximum Gasteiger partial charge on any atom is 0.253 e. The first kappa shape index (κ1) is 20.4. The van der Waals surface area contributed by atoms with Gasteiger partial charge in [-0.3, -0.25) is 4.79 Å². The van der Waals surface area contributed by atoms with Crippen LogP contribution in [0.4, 0.5) is 26.2 Å². The summed E-state index contributed by atoms with van der Waals surface area (Å²) in [4.78, 5) is 23.9. The molecule has 33 heavy (non-hydrogen) atoms. The molecule has 0 fully saturated rings. The first-order valence-electron chi connectivity index (χ1n) is 10.1. The Hall–Kier alpha value is -4.54. The van der Waals surface area contributed by atoms with E-state index in [1.54, 1.807) is 18.3 Å². The van der Waals surface area contributed by atoms with Crippen LogP contribution in [0, 0.1) is 11.6 Å². The number of aromatic nitrogens is 5. The number of carbonyl (C=O) groups excluding carboxylic acids is 1. The lowest BCUT2D eigenvalue weighted by molar-refractivity contribution is 0.0956. The number of amides is 1. The number of nitrogen functional groups attached to an aromatic ring is 1. The van der Waals surface area contributed by atoms with Gasteiger partial charge in [0.1, 0.15) is 11.8 Å². The van der Waals surface area contributed by atoms with Crippen molar-refractivity contribution in [1.82, 2.24) is 29.9 Å². The number of hydrogen-bond acceptors (Lipinski definition) is 6. The molecule has 2 aromatic carbocycles. The molecule has 0 aliphatic heterocycles. The molecule has 0 aliphatic rings. The van der Waals surface area contributed by atoms with Gasteiger partial charge in [-0.15, -0.1) is 0 Å². The van der Waals surface area contributed by atoms with E-state index < -0.39 is 11.6 Å². The molecule has 0 radical (unpaired) electrons. The number of anilines is 3. The molecule has 11 heteroatoms. The number of nitrogens with one attached hydrogen (secondary N) is 3. The van der Waals surface area contributed by atoms with Crippen LogP contribution in [0.2, 0.25) is 0 Å². The van der Waals surface area contributed by atoms with Gasteiger partial charge in [0.25, 0.3) is 5.91 Å². The Morgan fingerprint density at radius 2 is 1.94 bits per heavy atom. The van der Waals surface area contributed by atoms with E-state index in [0.29, 0.717) is 45.9 Å². The number of H-pyrrole nitrogens is 1. The fourth-order valence-electron chi connectivity index (χ4n) is 3.68. The summed E-state index contributed by atoms with van der Waals surface area (Å²) < 4.78 is 28.4. The molecular formula is C22H18F2N8O. The first-order chi connectivity index (χ1) is 15.9. The molecule has 5 aromatic rings. The van der Waals surface area contributed by atoms with Crippen LogP contribution in [-0.4, -0.2) is 37.0 Å². The Morgan fingerprint density at radius 3 is 2.70 bits per heavy atom. The Labute approximate surface area is 185 Å². The van der Waals surface area contributed by atoms with Crippen LogP contribution in [0.1, 0.15) is 17.3 Å². The van der Waals surface area contributed by atoms with Gasteiger partial charge >= 0.3 is 0 Å². The number of benzene rings is 2. The Kier molecular flexibility index (Phi) is 4.85. The molecule has 0 unspecified atom stereocenters. The number of fused-ring (bicyclic) bond motifs is 2. The molecule has 0 saturated carbocycles. The van der Waals surface area contributed by atoms with Gasteiger partial charge < -0.3 is 21.4 Å². The molecule has 1 amide bonds. The molecule has 9 nitrogen and oxygen atoms in total. The molecule has 0 bridgehead atoms. The van der Waals surface area contributed by atoms with Crippen molar-refractivity contribution < 1.29 is 13.6 Å². The van der Waals surface area contributed by atoms with Crippen LogP contribution in [0.3, 0.4) is 0 Å². The maximum atomic E-state index is 13.4.